The Hall–Kier alpha value is -2.38. The van der Waals surface area contributed by atoms with E-state index < -0.39 is 10.0 Å². The number of nitrogens with one attached hydrogen (secondary N) is 2. The van der Waals surface area contributed by atoms with Gasteiger partial charge in [-0.25, -0.2) is 8.42 Å². The molecule has 0 saturated heterocycles. The Balaban J connectivity index is 1.76. The fourth-order valence-electron chi connectivity index (χ4n) is 3.23. The summed E-state index contributed by atoms with van der Waals surface area (Å²) in [5.74, 6) is -0.248. The van der Waals surface area contributed by atoms with Crippen LogP contribution in [0.3, 0.4) is 0 Å². The molecule has 144 valence electrons. The van der Waals surface area contributed by atoms with Crippen LogP contribution in [-0.4, -0.2) is 48.1 Å². The lowest BCUT2D eigenvalue weighted by molar-refractivity contribution is -0.858. The number of quaternary nitrogens is 1. The van der Waals surface area contributed by atoms with Crippen molar-refractivity contribution in [3.63, 3.8) is 0 Å². The van der Waals surface area contributed by atoms with Gasteiger partial charge in [-0.15, -0.1) is 0 Å². The molecule has 0 unspecified atom stereocenters. The van der Waals surface area contributed by atoms with E-state index in [0.717, 1.165) is 24.2 Å². The number of carbonyl (C=O) groups excluding carboxylic acids is 1. The van der Waals surface area contributed by atoms with Crippen LogP contribution >= 0.6 is 0 Å². The van der Waals surface area contributed by atoms with E-state index in [-0.39, 0.29) is 10.8 Å². The van der Waals surface area contributed by atoms with Gasteiger partial charge in [-0.3, -0.25) is 9.10 Å². The highest BCUT2D eigenvalue weighted by molar-refractivity contribution is 7.92. The van der Waals surface area contributed by atoms with Crippen LogP contribution in [0.25, 0.3) is 0 Å². The zero-order chi connectivity index (χ0) is 19.4. The van der Waals surface area contributed by atoms with Crippen LogP contribution < -0.4 is 14.5 Å². The number of para-hydroxylation sites is 1. The molecular formula is C20H26N3O3S+. The van der Waals surface area contributed by atoms with Crippen molar-refractivity contribution in [3.8, 4) is 0 Å². The van der Waals surface area contributed by atoms with Crippen LogP contribution in [-0.2, 0) is 16.4 Å². The molecule has 3 rings (SSSR count). The van der Waals surface area contributed by atoms with Crippen molar-refractivity contribution in [2.45, 2.75) is 17.7 Å². The first-order valence-electron chi connectivity index (χ1n) is 9.17. The second-order valence-corrected chi connectivity index (χ2v) is 8.91. The number of sulfonamides is 1. The van der Waals surface area contributed by atoms with Gasteiger partial charge in [0, 0.05) is 25.1 Å². The monoisotopic (exact) mass is 388 g/mol. The number of amides is 1. The molecule has 0 saturated carbocycles. The van der Waals surface area contributed by atoms with E-state index in [1.165, 1.54) is 15.3 Å². The molecule has 1 aliphatic rings. The van der Waals surface area contributed by atoms with E-state index in [0.29, 0.717) is 25.1 Å². The first-order valence-corrected chi connectivity index (χ1v) is 10.6. The van der Waals surface area contributed by atoms with E-state index in [9.17, 15) is 13.2 Å². The summed E-state index contributed by atoms with van der Waals surface area (Å²) in [5.41, 5.74) is 2.11. The highest BCUT2D eigenvalue weighted by atomic mass is 32.2. The summed E-state index contributed by atoms with van der Waals surface area (Å²) in [6.45, 7) is 1.95. The van der Waals surface area contributed by atoms with Gasteiger partial charge < -0.3 is 10.2 Å². The van der Waals surface area contributed by atoms with Gasteiger partial charge in [0.15, 0.2) is 0 Å². The summed E-state index contributed by atoms with van der Waals surface area (Å²) in [4.78, 5) is 13.8. The number of hydrogen-bond donors (Lipinski definition) is 2. The van der Waals surface area contributed by atoms with Crippen LogP contribution in [0.1, 0.15) is 22.3 Å². The van der Waals surface area contributed by atoms with E-state index in [2.05, 4.69) is 19.4 Å². The van der Waals surface area contributed by atoms with Crippen molar-refractivity contribution in [1.82, 2.24) is 5.32 Å². The minimum absolute atomic E-state index is 0.143. The van der Waals surface area contributed by atoms with Crippen molar-refractivity contribution < 1.29 is 18.1 Å². The molecule has 0 bridgehead atoms. The van der Waals surface area contributed by atoms with E-state index in [4.69, 9.17) is 0 Å². The average molecular weight is 389 g/mol. The Bertz CT molecular complexity index is 926. The third-order valence-corrected chi connectivity index (χ3v) is 6.48. The van der Waals surface area contributed by atoms with E-state index in [1.807, 2.05) is 24.3 Å². The summed E-state index contributed by atoms with van der Waals surface area (Å²) in [7, 11) is 0.430. The maximum Gasteiger partial charge on any atom is 0.264 e. The summed E-state index contributed by atoms with van der Waals surface area (Å²) < 4.78 is 27.6. The fourth-order valence-corrected chi connectivity index (χ4v) is 4.78. The van der Waals surface area contributed by atoms with E-state index >= 15 is 0 Å². The van der Waals surface area contributed by atoms with Gasteiger partial charge >= 0.3 is 0 Å². The SMILES string of the molecule is C[NH+](C)CCCNC(=O)c1cccc(S(=O)(=O)N2CCc3ccccc32)c1. The number of carbonyl (C=O) groups is 1. The fraction of sp³-hybridized carbons (Fsp3) is 0.350. The summed E-state index contributed by atoms with van der Waals surface area (Å²) in [6, 6.07) is 13.8. The maximum atomic E-state index is 13.1. The minimum Gasteiger partial charge on any atom is -0.352 e. The van der Waals surface area contributed by atoms with Gasteiger partial charge in [0.25, 0.3) is 15.9 Å². The van der Waals surface area contributed by atoms with Gasteiger partial charge in [-0.05, 0) is 36.2 Å². The molecule has 0 aliphatic carbocycles. The van der Waals surface area contributed by atoms with Crippen molar-refractivity contribution in [1.29, 1.82) is 0 Å². The Labute approximate surface area is 160 Å². The molecule has 2 aromatic carbocycles. The van der Waals surface area contributed by atoms with Crippen molar-refractivity contribution >= 4 is 21.6 Å². The number of fused-ring (bicyclic) bond motifs is 1. The van der Waals surface area contributed by atoms with Gasteiger partial charge in [-0.1, -0.05) is 24.3 Å². The summed E-state index contributed by atoms with van der Waals surface area (Å²) in [6.07, 6.45) is 1.57. The molecule has 0 radical (unpaired) electrons. The van der Waals surface area contributed by atoms with E-state index in [1.54, 1.807) is 18.2 Å². The average Bonchev–Trinajstić information content (AvgIpc) is 3.10. The van der Waals surface area contributed by atoms with Crippen LogP contribution in [0.4, 0.5) is 5.69 Å². The predicted molar refractivity (Wildman–Crippen MR) is 106 cm³/mol. The standard InChI is InChI=1S/C20H25N3O3S/c1-22(2)13-6-12-21-20(24)17-8-5-9-18(15-17)27(25,26)23-14-11-16-7-3-4-10-19(16)23/h3-5,7-10,15H,6,11-14H2,1-2H3,(H,21,24)/p+1. The number of rotatable bonds is 7. The Morgan fingerprint density at radius 2 is 1.93 bits per heavy atom. The first kappa shape index (κ1) is 19.4. The molecule has 0 atom stereocenters. The van der Waals surface area contributed by atoms with Crippen LogP contribution in [0.2, 0.25) is 0 Å². The van der Waals surface area contributed by atoms with Gasteiger partial charge in [0.2, 0.25) is 0 Å². The third kappa shape index (κ3) is 4.31. The third-order valence-electron chi connectivity index (χ3n) is 4.67. The molecule has 1 aliphatic heterocycles. The van der Waals surface area contributed by atoms with Crippen molar-refractivity contribution in [2.24, 2.45) is 0 Å². The molecule has 2 aromatic rings. The van der Waals surface area contributed by atoms with Crippen LogP contribution in [0.15, 0.2) is 53.4 Å². The quantitative estimate of drug-likeness (QED) is 0.686. The first-order chi connectivity index (χ1) is 12.9. The highest BCUT2D eigenvalue weighted by Crippen LogP contribution is 2.32. The Morgan fingerprint density at radius 3 is 2.70 bits per heavy atom. The molecule has 0 spiro atoms. The molecular weight excluding hydrogens is 362 g/mol. The van der Waals surface area contributed by atoms with Crippen molar-refractivity contribution in [3.05, 3.63) is 59.7 Å². The normalized spacial score (nSPS) is 13.7. The molecule has 7 heteroatoms. The maximum absolute atomic E-state index is 13.1. The summed E-state index contributed by atoms with van der Waals surface area (Å²) >= 11 is 0. The lowest BCUT2D eigenvalue weighted by Crippen LogP contribution is -3.05. The Morgan fingerprint density at radius 1 is 1.15 bits per heavy atom. The lowest BCUT2D eigenvalue weighted by atomic mass is 10.2. The second-order valence-electron chi connectivity index (χ2n) is 7.05. The number of hydrogen-bond acceptors (Lipinski definition) is 3. The van der Waals surface area contributed by atoms with Gasteiger partial charge in [0.1, 0.15) is 0 Å². The van der Waals surface area contributed by atoms with Crippen LogP contribution in [0.5, 0.6) is 0 Å². The second kappa shape index (κ2) is 8.10. The minimum atomic E-state index is -3.69. The Kier molecular flexibility index (Phi) is 5.82. The lowest BCUT2D eigenvalue weighted by Gasteiger charge is -2.20. The molecule has 6 nitrogen and oxygen atoms in total. The number of anilines is 1. The largest absolute Gasteiger partial charge is 0.352 e. The molecule has 1 amide bonds. The topological polar surface area (TPSA) is 70.9 Å². The molecule has 0 aromatic heterocycles. The molecule has 27 heavy (non-hydrogen) atoms. The zero-order valence-electron chi connectivity index (χ0n) is 15.7. The zero-order valence-corrected chi connectivity index (χ0v) is 16.6. The smallest absolute Gasteiger partial charge is 0.264 e. The predicted octanol–water partition coefficient (Wildman–Crippen LogP) is 0.702. The van der Waals surface area contributed by atoms with Gasteiger partial charge in [0.05, 0.1) is 31.2 Å². The number of benzene rings is 2. The van der Waals surface area contributed by atoms with Crippen LogP contribution in [0, 0.1) is 0 Å². The summed E-state index contributed by atoms with van der Waals surface area (Å²) in [5, 5.41) is 2.86. The molecule has 0 fully saturated rings. The molecule has 1 heterocycles. The number of nitrogens with zero attached hydrogens (tertiary/aromatic N) is 1. The van der Waals surface area contributed by atoms with Crippen molar-refractivity contribution in [2.75, 3.05) is 38.0 Å². The van der Waals surface area contributed by atoms with Gasteiger partial charge in [-0.2, -0.15) is 0 Å². The molecule has 2 N–H and O–H groups in total. The highest BCUT2D eigenvalue weighted by Gasteiger charge is 2.30.